The van der Waals surface area contributed by atoms with E-state index in [9.17, 15) is 9.90 Å². The molecule has 0 amide bonds. The number of carbonyl (C=O) groups is 1. The highest BCUT2D eigenvalue weighted by atomic mass is 16.4. The van der Waals surface area contributed by atoms with Gasteiger partial charge in [-0.2, -0.15) is 0 Å². The first kappa shape index (κ1) is 10.6. The number of rotatable bonds is 3. The van der Waals surface area contributed by atoms with Gasteiger partial charge in [-0.15, -0.1) is 0 Å². The Morgan fingerprint density at radius 1 is 1.38 bits per heavy atom. The summed E-state index contributed by atoms with van der Waals surface area (Å²) in [4.78, 5) is 14.6. The minimum atomic E-state index is -1.02. The van der Waals surface area contributed by atoms with Crippen LogP contribution in [0.5, 0.6) is 0 Å². The molecule has 0 unspecified atom stereocenters. The zero-order valence-corrected chi connectivity index (χ0v) is 8.50. The van der Waals surface area contributed by atoms with E-state index in [-0.39, 0.29) is 6.42 Å². The number of aliphatic hydroxyl groups is 1. The lowest BCUT2D eigenvalue weighted by molar-refractivity contribution is -0.139. The van der Waals surface area contributed by atoms with Gasteiger partial charge in [0, 0.05) is 11.6 Å². The summed E-state index contributed by atoms with van der Waals surface area (Å²) in [6.45, 7) is 0. The minimum Gasteiger partial charge on any atom is -0.481 e. The van der Waals surface area contributed by atoms with Crippen molar-refractivity contribution in [2.45, 2.75) is 12.5 Å². The molecule has 16 heavy (non-hydrogen) atoms. The molecule has 1 aromatic heterocycles. The van der Waals surface area contributed by atoms with Crippen LogP contribution in [-0.2, 0) is 4.79 Å². The first-order valence-corrected chi connectivity index (χ1v) is 4.91. The van der Waals surface area contributed by atoms with E-state index in [1.165, 1.54) is 0 Å². The van der Waals surface area contributed by atoms with Crippen molar-refractivity contribution in [1.82, 2.24) is 4.98 Å². The monoisotopic (exact) mass is 217 g/mol. The summed E-state index contributed by atoms with van der Waals surface area (Å²) in [7, 11) is 0. The largest absolute Gasteiger partial charge is 0.481 e. The summed E-state index contributed by atoms with van der Waals surface area (Å²) in [6.07, 6.45) is 0.434. The van der Waals surface area contributed by atoms with E-state index in [1.807, 2.05) is 6.07 Å². The van der Waals surface area contributed by atoms with Crippen molar-refractivity contribution in [2.24, 2.45) is 0 Å². The molecule has 0 saturated heterocycles. The lowest BCUT2D eigenvalue weighted by Crippen LogP contribution is -2.05. The molecule has 2 aromatic rings. The fourth-order valence-corrected chi connectivity index (χ4v) is 1.58. The molecular weight excluding hydrogens is 206 g/mol. The highest BCUT2D eigenvalue weighted by Crippen LogP contribution is 2.21. The molecule has 0 bridgehead atoms. The average molecular weight is 217 g/mol. The van der Waals surface area contributed by atoms with Crippen LogP contribution in [0.25, 0.3) is 10.9 Å². The van der Waals surface area contributed by atoms with Crippen molar-refractivity contribution in [3.05, 3.63) is 42.1 Å². The van der Waals surface area contributed by atoms with Crippen molar-refractivity contribution in [3.63, 3.8) is 0 Å². The van der Waals surface area contributed by atoms with Crippen LogP contribution in [-0.4, -0.2) is 21.2 Å². The first-order chi connectivity index (χ1) is 7.66. The molecule has 0 saturated carbocycles. The van der Waals surface area contributed by atoms with E-state index in [4.69, 9.17) is 5.11 Å². The summed E-state index contributed by atoms with van der Waals surface area (Å²) >= 11 is 0. The second-order valence-electron chi connectivity index (χ2n) is 3.57. The summed E-state index contributed by atoms with van der Waals surface area (Å²) in [5.41, 5.74) is 1.43. The van der Waals surface area contributed by atoms with E-state index in [0.717, 1.165) is 10.9 Å². The topological polar surface area (TPSA) is 70.4 Å². The standard InChI is InChI=1S/C12H11NO3/c14-11(7-12(15)16)9-3-4-10-8(6-9)2-1-5-13-10/h1-6,11,14H,7H2,(H,15,16)/t11-/m1/s1. The number of hydrogen-bond acceptors (Lipinski definition) is 3. The minimum absolute atomic E-state index is 0.286. The van der Waals surface area contributed by atoms with Crippen LogP contribution in [0.15, 0.2) is 36.5 Å². The summed E-state index contributed by atoms with van der Waals surface area (Å²) in [6, 6.07) is 8.91. The molecule has 4 heteroatoms. The zero-order valence-electron chi connectivity index (χ0n) is 8.50. The van der Waals surface area contributed by atoms with E-state index in [0.29, 0.717) is 5.56 Å². The van der Waals surface area contributed by atoms with Gasteiger partial charge in [-0.1, -0.05) is 12.1 Å². The predicted octanol–water partition coefficient (Wildman–Crippen LogP) is 1.74. The molecule has 82 valence electrons. The molecule has 0 aliphatic rings. The van der Waals surface area contributed by atoms with E-state index in [1.54, 1.807) is 30.5 Å². The summed E-state index contributed by atoms with van der Waals surface area (Å²) < 4.78 is 0. The summed E-state index contributed by atoms with van der Waals surface area (Å²) in [5, 5.41) is 19.1. The quantitative estimate of drug-likeness (QED) is 0.821. The van der Waals surface area contributed by atoms with Crippen molar-refractivity contribution in [1.29, 1.82) is 0 Å². The number of aliphatic carboxylic acids is 1. The van der Waals surface area contributed by atoms with Crippen molar-refractivity contribution in [2.75, 3.05) is 0 Å². The maximum Gasteiger partial charge on any atom is 0.306 e. The second kappa shape index (κ2) is 4.28. The molecule has 4 nitrogen and oxygen atoms in total. The molecule has 0 fully saturated rings. The Morgan fingerprint density at radius 2 is 2.19 bits per heavy atom. The Bertz CT molecular complexity index is 524. The molecule has 2 rings (SSSR count). The fraction of sp³-hybridized carbons (Fsp3) is 0.167. The van der Waals surface area contributed by atoms with Gasteiger partial charge in [-0.05, 0) is 23.8 Å². The number of hydrogen-bond donors (Lipinski definition) is 2. The van der Waals surface area contributed by atoms with E-state index >= 15 is 0 Å². The predicted molar refractivity (Wildman–Crippen MR) is 59.0 cm³/mol. The first-order valence-electron chi connectivity index (χ1n) is 4.91. The highest BCUT2D eigenvalue weighted by molar-refractivity contribution is 5.79. The van der Waals surface area contributed by atoms with Crippen LogP contribution in [0.4, 0.5) is 0 Å². The molecule has 0 spiro atoms. The maximum absolute atomic E-state index is 10.5. The van der Waals surface area contributed by atoms with Gasteiger partial charge >= 0.3 is 5.97 Å². The lowest BCUT2D eigenvalue weighted by Gasteiger charge is -2.08. The molecule has 0 aliphatic carbocycles. The third kappa shape index (κ3) is 2.17. The normalized spacial score (nSPS) is 12.6. The molecule has 1 atom stereocenters. The average Bonchev–Trinajstić information content (AvgIpc) is 2.27. The molecule has 1 heterocycles. The molecule has 0 radical (unpaired) electrons. The van der Waals surface area contributed by atoms with Crippen molar-refractivity contribution < 1.29 is 15.0 Å². The second-order valence-corrected chi connectivity index (χ2v) is 3.57. The van der Waals surface area contributed by atoms with E-state index in [2.05, 4.69) is 4.98 Å². The molecule has 2 N–H and O–H groups in total. The SMILES string of the molecule is O=C(O)C[C@@H](O)c1ccc2ncccc2c1. The number of carboxylic acid groups (broad SMARTS) is 1. The van der Waals surface area contributed by atoms with Crippen LogP contribution >= 0.6 is 0 Å². The van der Waals surface area contributed by atoms with Crippen LogP contribution in [0, 0.1) is 0 Å². The Kier molecular flexibility index (Phi) is 2.83. The fourth-order valence-electron chi connectivity index (χ4n) is 1.58. The zero-order chi connectivity index (χ0) is 11.5. The van der Waals surface area contributed by atoms with Crippen molar-refractivity contribution in [3.8, 4) is 0 Å². The molecule has 1 aromatic carbocycles. The number of carboxylic acids is 1. The molecular formula is C12H11NO3. The Hall–Kier alpha value is -1.94. The van der Waals surface area contributed by atoms with Gasteiger partial charge in [-0.3, -0.25) is 9.78 Å². The van der Waals surface area contributed by atoms with Gasteiger partial charge in [0.1, 0.15) is 0 Å². The van der Waals surface area contributed by atoms with Gasteiger partial charge in [-0.25, -0.2) is 0 Å². The van der Waals surface area contributed by atoms with Gasteiger partial charge < -0.3 is 10.2 Å². The Balaban J connectivity index is 2.35. The lowest BCUT2D eigenvalue weighted by atomic mass is 10.0. The summed E-state index contributed by atoms with van der Waals surface area (Å²) in [5.74, 6) is -1.02. The molecule has 0 aliphatic heterocycles. The number of aromatic nitrogens is 1. The van der Waals surface area contributed by atoms with Crippen LogP contribution in [0.3, 0.4) is 0 Å². The number of nitrogens with zero attached hydrogens (tertiary/aromatic N) is 1. The number of pyridine rings is 1. The van der Waals surface area contributed by atoms with Gasteiger partial charge in [0.2, 0.25) is 0 Å². The third-order valence-corrected chi connectivity index (χ3v) is 2.38. The van der Waals surface area contributed by atoms with Gasteiger partial charge in [0.15, 0.2) is 0 Å². The third-order valence-electron chi connectivity index (χ3n) is 2.38. The maximum atomic E-state index is 10.5. The van der Waals surface area contributed by atoms with Crippen LogP contribution in [0.1, 0.15) is 18.1 Å². The number of benzene rings is 1. The van der Waals surface area contributed by atoms with Crippen LogP contribution in [0.2, 0.25) is 0 Å². The smallest absolute Gasteiger partial charge is 0.306 e. The van der Waals surface area contributed by atoms with Crippen molar-refractivity contribution >= 4 is 16.9 Å². The number of aliphatic hydroxyl groups excluding tert-OH is 1. The highest BCUT2D eigenvalue weighted by Gasteiger charge is 2.12. The van der Waals surface area contributed by atoms with Crippen LogP contribution < -0.4 is 0 Å². The Morgan fingerprint density at radius 3 is 2.94 bits per heavy atom. The number of fused-ring (bicyclic) bond motifs is 1. The van der Waals surface area contributed by atoms with E-state index < -0.39 is 12.1 Å². The van der Waals surface area contributed by atoms with Gasteiger partial charge in [0.25, 0.3) is 0 Å². The van der Waals surface area contributed by atoms with Gasteiger partial charge in [0.05, 0.1) is 18.0 Å². The Labute approximate surface area is 92.2 Å².